The van der Waals surface area contributed by atoms with Gasteiger partial charge in [0, 0.05) is 5.02 Å². The topological polar surface area (TPSA) is 78.5 Å². The second-order valence-corrected chi connectivity index (χ2v) is 8.02. The fourth-order valence-corrected chi connectivity index (χ4v) is 3.80. The minimum Gasteiger partial charge on any atom is -0.323 e. The Morgan fingerprint density at radius 3 is 2.53 bits per heavy atom. The van der Waals surface area contributed by atoms with Crippen LogP contribution in [0.3, 0.4) is 0 Å². The number of hydrogen-bond donors (Lipinski definition) is 2. The second-order valence-electron chi connectivity index (χ2n) is 7.18. The molecule has 3 aromatic carbocycles. The van der Waals surface area contributed by atoms with E-state index in [0.717, 1.165) is 15.7 Å². The van der Waals surface area contributed by atoms with Crippen LogP contribution in [0.15, 0.2) is 60.7 Å². The van der Waals surface area contributed by atoms with E-state index < -0.39 is 29.9 Å². The Morgan fingerprint density at radius 1 is 1.03 bits per heavy atom. The van der Waals surface area contributed by atoms with Crippen LogP contribution in [-0.2, 0) is 15.1 Å². The number of halogens is 2. The summed E-state index contributed by atoms with van der Waals surface area (Å²) in [5.74, 6) is -1.07. The first-order chi connectivity index (χ1) is 14.3. The van der Waals surface area contributed by atoms with Crippen molar-refractivity contribution in [3.8, 4) is 0 Å². The summed E-state index contributed by atoms with van der Waals surface area (Å²) in [6, 6.07) is 17.3. The van der Waals surface area contributed by atoms with Gasteiger partial charge in [0.2, 0.25) is 5.91 Å². The molecule has 1 heterocycles. The van der Waals surface area contributed by atoms with Gasteiger partial charge >= 0.3 is 6.03 Å². The number of imide groups is 1. The van der Waals surface area contributed by atoms with E-state index in [1.54, 1.807) is 25.1 Å². The molecular formula is C22H17Cl2N3O3. The van der Waals surface area contributed by atoms with Gasteiger partial charge in [0.05, 0.1) is 10.7 Å². The predicted molar refractivity (Wildman–Crippen MR) is 117 cm³/mol. The van der Waals surface area contributed by atoms with Crippen LogP contribution >= 0.6 is 23.2 Å². The maximum absolute atomic E-state index is 13.1. The summed E-state index contributed by atoms with van der Waals surface area (Å²) < 4.78 is 0. The maximum Gasteiger partial charge on any atom is 0.325 e. The lowest BCUT2D eigenvalue weighted by molar-refractivity contribution is -0.133. The SMILES string of the molecule is CC1(c2ccc3ccccc3c2)NC(=O)N(CC(=O)Nc2cc(Cl)ccc2Cl)C1=O. The van der Waals surface area contributed by atoms with E-state index in [2.05, 4.69) is 10.6 Å². The van der Waals surface area contributed by atoms with Crippen molar-refractivity contribution in [3.05, 3.63) is 76.3 Å². The normalized spacial score (nSPS) is 18.6. The molecule has 1 saturated heterocycles. The van der Waals surface area contributed by atoms with Gasteiger partial charge in [0.1, 0.15) is 12.1 Å². The average Bonchev–Trinajstić information content (AvgIpc) is 2.94. The number of carbonyl (C=O) groups is 3. The summed E-state index contributed by atoms with van der Waals surface area (Å²) in [4.78, 5) is 39.0. The van der Waals surface area contributed by atoms with Crippen LogP contribution in [-0.4, -0.2) is 29.3 Å². The van der Waals surface area contributed by atoms with Crippen molar-refractivity contribution < 1.29 is 14.4 Å². The van der Waals surface area contributed by atoms with E-state index in [9.17, 15) is 14.4 Å². The van der Waals surface area contributed by atoms with Crippen molar-refractivity contribution in [3.63, 3.8) is 0 Å². The maximum atomic E-state index is 13.1. The van der Waals surface area contributed by atoms with E-state index in [4.69, 9.17) is 23.2 Å². The van der Waals surface area contributed by atoms with Gasteiger partial charge in [0.15, 0.2) is 0 Å². The number of nitrogens with one attached hydrogen (secondary N) is 2. The zero-order valence-electron chi connectivity index (χ0n) is 15.9. The Morgan fingerprint density at radius 2 is 1.77 bits per heavy atom. The second kappa shape index (κ2) is 7.63. The summed E-state index contributed by atoms with van der Waals surface area (Å²) >= 11 is 12.0. The molecule has 4 rings (SSSR count). The zero-order chi connectivity index (χ0) is 21.5. The molecule has 1 unspecified atom stereocenters. The van der Waals surface area contributed by atoms with Gasteiger partial charge in [0.25, 0.3) is 5.91 Å². The molecule has 152 valence electrons. The molecule has 4 amide bonds. The Kier molecular flexibility index (Phi) is 5.13. The summed E-state index contributed by atoms with van der Waals surface area (Å²) in [5, 5.41) is 7.96. The largest absolute Gasteiger partial charge is 0.325 e. The molecule has 0 aromatic heterocycles. The molecule has 0 saturated carbocycles. The Hall–Kier alpha value is -3.09. The summed E-state index contributed by atoms with van der Waals surface area (Å²) in [6.07, 6.45) is 0. The van der Waals surface area contributed by atoms with Gasteiger partial charge in [-0.15, -0.1) is 0 Å². The molecule has 0 bridgehead atoms. The highest BCUT2D eigenvalue weighted by Gasteiger charge is 2.49. The monoisotopic (exact) mass is 441 g/mol. The lowest BCUT2D eigenvalue weighted by Crippen LogP contribution is -2.42. The molecule has 1 aliphatic heterocycles. The van der Waals surface area contributed by atoms with Crippen LogP contribution in [0.5, 0.6) is 0 Å². The highest BCUT2D eigenvalue weighted by molar-refractivity contribution is 6.35. The van der Waals surface area contributed by atoms with Gasteiger partial charge in [-0.2, -0.15) is 0 Å². The first-order valence-electron chi connectivity index (χ1n) is 9.16. The first-order valence-corrected chi connectivity index (χ1v) is 9.92. The van der Waals surface area contributed by atoms with Gasteiger partial charge in [-0.05, 0) is 47.5 Å². The molecule has 1 aliphatic rings. The number of hydrogen-bond acceptors (Lipinski definition) is 3. The lowest BCUT2D eigenvalue weighted by Gasteiger charge is -2.22. The number of fused-ring (bicyclic) bond motifs is 1. The average molecular weight is 442 g/mol. The van der Waals surface area contributed by atoms with Crippen molar-refractivity contribution in [2.45, 2.75) is 12.5 Å². The van der Waals surface area contributed by atoms with E-state index in [-0.39, 0.29) is 0 Å². The quantitative estimate of drug-likeness (QED) is 0.582. The highest BCUT2D eigenvalue weighted by atomic mass is 35.5. The van der Waals surface area contributed by atoms with Crippen molar-refractivity contribution in [2.24, 2.45) is 0 Å². The lowest BCUT2D eigenvalue weighted by atomic mass is 9.90. The predicted octanol–water partition coefficient (Wildman–Crippen LogP) is 4.55. The van der Waals surface area contributed by atoms with E-state index >= 15 is 0 Å². The third-order valence-electron chi connectivity index (χ3n) is 5.11. The third kappa shape index (κ3) is 3.60. The molecule has 30 heavy (non-hydrogen) atoms. The summed E-state index contributed by atoms with van der Waals surface area (Å²) in [6.45, 7) is 1.18. The van der Waals surface area contributed by atoms with Crippen LogP contribution in [0.2, 0.25) is 10.0 Å². The smallest absolute Gasteiger partial charge is 0.323 e. The van der Waals surface area contributed by atoms with Gasteiger partial charge in [-0.1, -0.05) is 59.6 Å². The van der Waals surface area contributed by atoms with E-state index in [1.165, 1.54) is 6.07 Å². The number of carbonyl (C=O) groups excluding carboxylic acids is 3. The number of anilines is 1. The zero-order valence-corrected chi connectivity index (χ0v) is 17.4. The molecular weight excluding hydrogens is 425 g/mol. The fraction of sp³-hybridized carbons (Fsp3) is 0.136. The van der Waals surface area contributed by atoms with Crippen LogP contribution in [0.4, 0.5) is 10.5 Å². The van der Waals surface area contributed by atoms with Crippen LogP contribution in [0, 0.1) is 0 Å². The van der Waals surface area contributed by atoms with Crippen LogP contribution in [0.25, 0.3) is 10.8 Å². The summed E-state index contributed by atoms with van der Waals surface area (Å²) in [7, 11) is 0. The Bertz CT molecular complexity index is 1200. The van der Waals surface area contributed by atoms with E-state index in [1.807, 2.05) is 36.4 Å². The molecule has 3 aromatic rings. The molecule has 8 heteroatoms. The molecule has 0 aliphatic carbocycles. The van der Waals surface area contributed by atoms with Gasteiger partial charge < -0.3 is 10.6 Å². The minimum absolute atomic E-state index is 0.297. The van der Waals surface area contributed by atoms with Crippen LogP contribution in [0.1, 0.15) is 12.5 Å². The Labute approximate surface area is 182 Å². The molecule has 1 fully saturated rings. The molecule has 1 atom stereocenters. The molecule has 0 radical (unpaired) electrons. The standard InChI is InChI=1S/C22H17Cl2N3O3/c1-22(15-7-6-13-4-2-3-5-14(13)10-15)20(29)27(21(30)26-22)12-19(28)25-18-11-16(23)8-9-17(18)24/h2-11H,12H2,1H3,(H,25,28)(H,26,30). The van der Waals surface area contributed by atoms with Crippen LogP contribution < -0.4 is 10.6 Å². The van der Waals surface area contributed by atoms with Gasteiger partial charge in [-0.3, -0.25) is 14.5 Å². The number of urea groups is 1. The number of rotatable bonds is 4. The molecule has 6 nitrogen and oxygen atoms in total. The minimum atomic E-state index is -1.27. The third-order valence-corrected chi connectivity index (χ3v) is 5.67. The number of benzene rings is 3. The number of nitrogens with zero attached hydrogens (tertiary/aromatic N) is 1. The molecule has 0 spiro atoms. The van der Waals surface area contributed by atoms with Crippen molar-refractivity contribution >= 4 is 57.5 Å². The highest BCUT2D eigenvalue weighted by Crippen LogP contribution is 2.31. The Balaban J connectivity index is 1.55. The first kappa shape index (κ1) is 20.2. The van der Waals surface area contributed by atoms with E-state index in [0.29, 0.717) is 21.3 Å². The fourth-order valence-electron chi connectivity index (χ4n) is 3.46. The summed E-state index contributed by atoms with van der Waals surface area (Å²) in [5.41, 5.74) is -0.325. The van der Waals surface area contributed by atoms with Crippen molar-refractivity contribution in [1.29, 1.82) is 0 Å². The molecule has 2 N–H and O–H groups in total. The van der Waals surface area contributed by atoms with Gasteiger partial charge in [-0.25, -0.2) is 4.79 Å². The van der Waals surface area contributed by atoms with Crippen molar-refractivity contribution in [2.75, 3.05) is 11.9 Å². The van der Waals surface area contributed by atoms with Crippen molar-refractivity contribution in [1.82, 2.24) is 10.2 Å². The number of amides is 4.